The molecule has 1 aromatic carbocycles. The van der Waals surface area contributed by atoms with Crippen LogP contribution in [-0.4, -0.2) is 62.3 Å². The number of carbonyl (C=O) groups excluding carboxylic acids is 1. The summed E-state index contributed by atoms with van der Waals surface area (Å²) in [5, 5.41) is 3.05. The van der Waals surface area contributed by atoms with Gasteiger partial charge in [0.05, 0.1) is 4.90 Å². The van der Waals surface area contributed by atoms with Crippen molar-refractivity contribution in [3.8, 4) is 0 Å². The number of nitrogens with zero attached hydrogens (tertiary/aromatic N) is 2. The first kappa shape index (κ1) is 22.2. The summed E-state index contributed by atoms with van der Waals surface area (Å²) in [6, 6.07) is 9.25. The highest BCUT2D eigenvalue weighted by Crippen LogP contribution is 2.25. The van der Waals surface area contributed by atoms with Gasteiger partial charge in [0.25, 0.3) is 0 Å². The number of rotatable bonds is 8. The molecule has 2 aliphatic heterocycles. The van der Waals surface area contributed by atoms with Crippen molar-refractivity contribution in [2.24, 2.45) is 5.92 Å². The van der Waals surface area contributed by atoms with Gasteiger partial charge in [0.1, 0.15) is 0 Å². The van der Waals surface area contributed by atoms with Crippen molar-refractivity contribution in [3.05, 3.63) is 30.3 Å². The Bertz CT molecular complexity index is 746. The lowest BCUT2D eigenvalue weighted by Gasteiger charge is -2.33. The van der Waals surface area contributed by atoms with Crippen molar-refractivity contribution < 1.29 is 13.2 Å². The number of amides is 1. The van der Waals surface area contributed by atoms with Crippen molar-refractivity contribution in [1.82, 2.24) is 14.5 Å². The van der Waals surface area contributed by atoms with Crippen LogP contribution in [0.5, 0.6) is 0 Å². The van der Waals surface area contributed by atoms with Crippen LogP contribution in [0.15, 0.2) is 35.2 Å². The molecule has 29 heavy (non-hydrogen) atoms. The van der Waals surface area contributed by atoms with E-state index in [0.717, 1.165) is 32.4 Å². The Morgan fingerprint density at radius 3 is 2.48 bits per heavy atom. The van der Waals surface area contributed by atoms with Crippen molar-refractivity contribution in [2.45, 2.75) is 62.8 Å². The topological polar surface area (TPSA) is 69.7 Å². The van der Waals surface area contributed by atoms with Gasteiger partial charge < -0.3 is 10.2 Å². The van der Waals surface area contributed by atoms with Gasteiger partial charge in [0.15, 0.2) is 0 Å². The molecule has 0 aliphatic carbocycles. The number of piperidine rings is 2. The van der Waals surface area contributed by atoms with Crippen LogP contribution >= 0.6 is 0 Å². The van der Waals surface area contributed by atoms with Crippen LogP contribution in [0.4, 0.5) is 0 Å². The molecule has 0 spiro atoms. The molecular formula is C22H35N3O3S. The highest BCUT2D eigenvalue weighted by atomic mass is 32.2. The molecule has 0 unspecified atom stereocenters. The normalized spacial score (nSPS) is 22.4. The molecule has 1 N–H and O–H groups in total. The lowest BCUT2D eigenvalue weighted by atomic mass is 9.94. The van der Waals surface area contributed by atoms with E-state index in [2.05, 4.69) is 17.1 Å². The first-order valence-corrected chi connectivity index (χ1v) is 12.5. The van der Waals surface area contributed by atoms with Crippen LogP contribution in [0.25, 0.3) is 0 Å². The van der Waals surface area contributed by atoms with E-state index in [-0.39, 0.29) is 11.8 Å². The highest BCUT2D eigenvalue weighted by molar-refractivity contribution is 7.89. The fraction of sp³-hybridized carbons (Fsp3) is 0.682. The minimum absolute atomic E-state index is 0.0982. The predicted octanol–water partition coefficient (Wildman–Crippen LogP) is 2.86. The zero-order chi connectivity index (χ0) is 20.7. The molecule has 0 aromatic heterocycles. The van der Waals surface area contributed by atoms with Crippen molar-refractivity contribution >= 4 is 15.9 Å². The Kier molecular flexibility index (Phi) is 8.09. The molecule has 7 heteroatoms. The molecule has 1 atom stereocenters. The van der Waals surface area contributed by atoms with Crippen LogP contribution in [0.2, 0.25) is 0 Å². The number of nitrogens with one attached hydrogen (secondary N) is 1. The summed E-state index contributed by atoms with van der Waals surface area (Å²) in [5.74, 6) is 0.361. The van der Waals surface area contributed by atoms with Crippen LogP contribution in [0, 0.1) is 5.92 Å². The van der Waals surface area contributed by atoms with Crippen LogP contribution in [0.3, 0.4) is 0 Å². The molecule has 0 radical (unpaired) electrons. The smallest absolute Gasteiger partial charge is 0.243 e. The molecule has 1 amide bonds. The average molecular weight is 422 g/mol. The summed E-state index contributed by atoms with van der Waals surface area (Å²) in [5.41, 5.74) is 0. The monoisotopic (exact) mass is 421 g/mol. The third-order valence-electron chi connectivity index (χ3n) is 6.31. The summed E-state index contributed by atoms with van der Waals surface area (Å²) in [6.07, 6.45) is 6.87. The molecule has 6 nitrogen and oxygen atoms in total. The van der Waals surface area contributed by atoms with Gasteiger partial charge in [0, 0.05) is 38.6 Å². The Morgan fingerprint density at radius 2 is 1.79 bits per heavy atom. The van der Waals surface area contributed by atoms with Gasteiger partial charge in [-0.3, -0.25) is 4.79 Å². The van der Waals surface area contributed by atoms with Gasteiger partial charge in [-0.2, -0.15) is 4.31 Å². The predicted molar refractivity (Wildman–Crippen MR) is 115 cm³/mol. The fourth-order valence-electron chi connectivity index (χ4n) is 4.43. The number of benzene rings is 1. The van der Waals surface area contributed by atoms with Gasteiger partial charge in [-0.05, 0) is 63.6 Å². The van der Waals surface area contributed by atoms with Crippen LogP contribution < -0.4 is 5.32 Å². The fourth-order valence-corrected chi connectivity index (χ4v) is 5.92. The van der Waals surface area contributed by atoms with Gasteiger partial charge >= 0.3 is 0 Å². The first-order chi connectivity index (χ1) is 14.0. The molecule has 3 rings (SSSR count). The summed E-state index contributed by atoms with van der Waals surface area (Å²) >= 11 is 0. The molecule has 0 bridgehead atoms. The Hall–Kier alpha value is -1.44. The van der Waals surface area contributed by atoms with E-state index in [0.29, 0.717) is 30.4 Å². The zero-order valence-electron chi connectivity index (χ0n) is 17.6. The third kappa shape index (κ3) is 6.27. The Labute approximate surface area is 175 Å². The van der Waals surface area contributed by atoms with Gasteiger partial charge in [-0.15, -0.1) is 0 Å². The van der Waals surface area contributed by atoms with Crippen molar-refractivity contribution in [2.75, 3.05) is 32.7 Å². The second-order valence-electron chi connectivity index (χ2n) is 8.45. The largest absolute Gasteiger partial charge is 0.356 e. The standard InChI is InChI=1S/C22H35N3O3S/c1-19-8-5-6-14-24(19)15-7-13-23-22(26)18-20-11-16-25(17-12-20)29(27,28)21-9-3-2-4-10-21/h2-4,9-10,19-20H,5-8,11-18H2,1H3,(H,23,26)/t19-/m1/s1. The molecule has 0 saturated carbocycles. The van der Waals surface area contributed by atoms with E-state index in [9.17, 15) is 13.2 Å². The maximum Gasteiger partial charge on any atom is 0.243 e. The van der Waals surface area contributed by atoms with E-state index < -0.39 is 10.0 Å². The summed E-state index contributed by atoms with van der Waals surface area (Å²) in [6.45, 7) is 6.23. The maximum absolute atomic E-state index is 12.7. The quantitative estimate of drug-likeness (QED) is 0.656. The number of likely N-dealkylation sites (tertiary alicyclic amines) is 1. The van der Waals surface area contributed by atoms with E-state index in [4.69, 9.17) is 0 Å². The van der Waals surface area contributed by atoms with E-state index >= 15 is 0 Å². The van der Waals surface area contributed by atoms with Crippen LogP contribution in [-0.2, 0) is 14.8 Å². The van der Waals surface area contributed by atoms with Gasteiger partial charge in [-0.25, -0.2) is 8.42 Å². The Morgan fingerprint density at radius 1 is 1.07 bits per heavy atom. The first-order valence-electron chi connectivity index (χ1n) is 11.0. The molecule has 162 valence electrons. The summed E-state index contributed by atoms with van der Waals surface area (Å²) < 4.78 is 26.9. The minimum atomic E-state index is -3.42. The van der Waals surface area contributed by atoms with Crippen molar-refractivity contribution in [3.63, 3.8) is 0 Å². The number of sulfonamides is 1. The maximum atomic E-state index is 12.7. The number of carbonyl (C=O) groups is 1. The third-order valence-corrected chi connectivity index (χ3v) is 8.23. The van der Waals surface area contributed by atoms with Crippen molar-refractivity contribution in [1.29, 1.82) is 0 Å². The Balaban J connectivity index is 1.34. The average Bonchev–Trinajstić information content (AvgIpc) is 2.73. The molecule has 2 fully saturated rings. The molecule has 2 saturated heterocycles. The second kappa shape index (κ2) is 10.5. The van der Waals surface area contributed by atoms with E-state index in [1.165, 1.54) is 25.8 Å². The molecule has 2 aliphatic rings. The van der Waals surface area contributed by atoms with Crippen LogP contribution in [0.1, 0.15) is 51.9 Å². The minimum Gasteiger partial charge on any atom is -0.356 e. The summed E-state index contributed by atoms with van der Waals surface area (Å²) in [7, 11) is -3.42. The zero-order valence-corrected chi connectivity index (χ0v) is 18.4. The molecular weight excluding hydrogens is 386 g/mol. The molecule has 1 aromatic rings. The van der Waals surface area contributed by atoms with E-state index in [1.807, 2.05) is 6.07 Å². The number of hydrogen-bond donors (Lipinski definition) is 1. The van der Waals surface area contributed by atoms with Gasteiger partial charge in [0.2, 0.25) is 15.9 Å². The van der Waals surface area contributed by atoms with E-state index in [1.54, 1.807) is 28.6 Å². The lowest BCUT2D eigenvalue weighted by Crippen LogP contribution is -2.40. The number of hydrogen-bond acceptors (Lipinski definition) is 4. The highest BCUT2D eigenvalue weighted by Gasteiger charge is 2.30. The molecule has 2 heterocycles. The van der Waals surface area contributed by atoms with Gasteiger partial charge in [-0.1, -0.05) is 24.6 Å². The second-order valence-corrected chi connectivity index (χ2v) is 10.4. The SMILES string of the molecule is C[C@@H]1CCCCN1CCCNC(=O)CC1CCN(S(=O)(=O)c2ccccc2)CC1. The summed E-state index contributed by atoms with van der Waals surface area (Å²) in [4.78, 5) is 15.1. The lowest BCUT2D eigenvalue weighted by molar-refractivity contribution is -0.122.